The number of urea groups is 1. The number of nitrogens with zero attached hydrogens (tertiary/aromatic N) is 1. The molecule has 4 amide bonds. The lowest BCUT2D eigenvalue weighted by Crippen LogP contribution is -2.55. The fraction of sp³-hybridized carbons (Fsp3) is 0.400. The number of benzene rings is 1. The van der Waals surface area contributed by atoms with E-state index < -0.39 is 27.5 Å². The summed E-state index contributed by atoms with van der Waals surface area (Å²) in [5.74, 6) is -0.650. The first-order valence-electron chi connectivity index (χ1n) is 7.74. The summed E-state index contributed by atoms with van der Waals surface area (Å²) < 4.78 is 26.7. The number of carbonyl (C=O) groups is 3. The molecule has 1 aromatic carbocycles. The molecule has 0 aromatic heterocycles. The van der Waals surface area contributed by atoms with Crippen molar-refractivity contribution in [3.05, 3.63) is 24.3 Å². The second kappa shape index (κ2) is 6.12. The van der Waals surface area contributed by atoms with Gasteiger partial charge in [0.15, 0.2) is 0 Å². The minimum absolute atomic E-state index is 0.109. The highest BCUT2D eigenvalue weighted by atomic mass is 32.2. The van der Waals surface area contributed by atoms with E-state index in [1.807, 2.05) is 0 Å². The fourth-order valence-corrected chi connectivity index (χ4v) is 4.49. The molecule has 10 heteroatoms. The quantitative estimate of drug-likeness (QED) is 0.650. The van der Waals surface area contributed by atoms with Crippen LogP contribution in [0.5, 0.6) is 0 Å². The van der Waals surface area contributed by atoms with Gasteiger partial charge in [0.25, 0.3) is 5.91 Å². The number of anilines is 1. The van der Waals surface area contributed by atoms with Crippen molar-refractivity contribution in [2.45, 2.75) is 30.2 Å². The number of amides is 4. The zero-order valence-electron chi connectivity index (χ0n) is 13.5. The number of hydrogen-bond acceptors (Lipinski definition) is 5. The van der Waals surface area contributed by atoms with Crippen LogP contribution in [0, 0.1) is 0 Å². The van der Waals surface area contributed by atoms with Gasteiger partial charge >= 0.3 is 6.03 Å². The van der Waals surface area contributed by atoms with Crippen molar-refractivity contribution in [3.63, 3.8) is 0 Å². The van der Waals surface area contributed by atoms with Crippen molar-refractivity contribution in [1.29, 1.82) is 0 Å². The summed E-state index contributed by atoms with van der Waals surface area (Å²) >= 11 is 0. The Balaban J connectivity index is 1.73. The lowest BCUT2D eigenvalue weighted by atomic mass is 9.89. The maximum absolute atomic E-state index is 12.7. The molecule has 2 fully saturated rings. The van der Waals surface area contributed by atoms with Gasteiger partial charge in [-0.05, 0) is 37.1 Å². The van der Waals surface area contributed by atoms with E-state index >= 15 is 0 Å². The van der Waals surface area contributed by atoms with Crippen molar-refractivity contribution < 1.29 is 22.8 Å². The van der Waals surface area contributed by atoms with E-state index in [9.17, 15) is 22.8 Å². The molecule has 2 heterocycles. The van der Waals surface area contributed by atoms with Gasteiger partial charge in [-0.1, -0.05) is 0 Å². The zero-order valence-corrected chi connectivity index (χ0v) is 14.4. The van der Waals surface area contributed by atoms with Crippen LogP contribution < -0.4 is 16.0 Å². The average Bonchev–Trinajstić information content (AvgIpc) is 2.81. The van der Waals surface area contributed by atoms with Crippen molar-refractivity contribution in [2.75, 3.05) is 18.4 Å². The number of sulfonamides is 1. The number of piperidine rings is 1. The molecule has 2 aliphatic heterocycles. The predicted molar refractivity (Wildman–Crippen MR) is 88.1 cm³/mol. The van der Waals surface area contributed by atoms with Gasteiger partial charge in [-0.3, -0.25) is 14.9 Å². The fourth-order valence-electron chi connectivity index (χ4n) is 3.05. The largest absolute Gasteiger partial charge is 0.326 e. The molecule has 25 heavy (non-hydrogen) atoms. The van der Waals surface area contributed by atoms with E-state index in [1.54, 1.807) is 0 Å². The minimum atomic E-state index is -3.71. The van der Waals surface area contributed by atoms with Gasteiger partial charge in [0.1, 0.15) is 5.54 Å². The van der Waals surface area contributed by atoms with Gasteiger partial charge in [-0.2, -0.15) is 4.31 Å². The zero-order chi connectivity index (χ0) is 18.2. The van der Waals surface area contributed by atoms with E-state index in [1.165, 1.54) is 35.5 Å². The molecular weight excluding hydrogens is 348 g/mol. The van der Waals surface area contributed by atoms with Crippen LogP contribution in [0.25, 0.3) is 0 Å². The number of carbonyl (C=O) groups excluding carboxylic acids is 3. The van der Waals surface area contributed by atoms with Gasteiger partial charge in [0.05, 0.1) is 4.90 Å². The van der Waals surface area contributed by atoms with E-state index in [0.717, 1.165) is 0 Å². The average molecular weight is 366 g/mol. The predicted octanol–water partition coefficient (Wildman–Crippen LogP) is 0.00770. The third-order valence-electron chi connectivity index (χ3n) is 4.40. The third kappa shape index (κ3) is 3.22. The summed E-state index contributed by atoms with van der Waals surface area (Å²) in [6.45, 7) is 1.62. The molecule has 0 bridgehead atoms. The minimum Gasteiger partial charge on any atom is -0.326 e. The summed E-state index contributed by atoms with van der Waals surface area (Å²) in [6.07, 6.45) is 0.432. The number of imide groups is 1. The van der Waals surface area contributed by atoms with Crippen molar-refractivity contribution in [2.24, 2.45) is 0 Å². The molecule has 0 radical (unpaired) electrons. The van der Waals surface area contributed by atoms with Crippen molar-refractivity contribution in [1.82, 2.24) is 14.9 Å². The highest BCUT2D eigenvalue weighted by Crippen LogP contribution is 2.29. The molecule has 0 atom stereocenters. The molecule has 134 valence electrons. The van der Waals surface area contributed by atoms with Crippen LogP contribution in [0.3, 0.4) is 0 Å². The normalized spacial score (nSPS) is 20.2. The van der Waals surface area contributed by atoms with Gasteiger partial charge < -0.3 is 10.6 Å². The first-order chi connectivity index (χ1) is 11.7. The summed E-state index contributed by atoms with van der Waals surface area (Å²) in [6, 6.07) is 5.34. The van der Waals surface area contributed by atoms with E-state index in [-0.39, 0.29) is 36.7 Å². The molecule has 1 spiro atoms. The monoisotopic (exact) mass is 366 g/mol. The third-order valence-corrected chi connectivity index (χ3v) is 6.32. The van der Waals surface area contributed by atoms with E-state index in [0.29, 0.717) is 5.69 Å². The Morgan fingerprint density at radius 1 is 1.16 bits per heavy atom. The number of nitrogens with one attached hydrogen (secondary N) is 3. The second-order valence-corrected chi connectivity index (χ2v) is 8.04. The van der Waals surface area contributed by atoms with Crippen LogP contribution >= 0.6 is 0 Å². The molecule has 1 aromatic rings. The Bertz CT molecular complexity index is 826. The molecule has 0 saturated carbocycles. The summed E-state index contributed by atoms with van der Waals surface area (Å²) in [5.41, 5.74) is -0.507. The standard InChI is InChI=1S/C15H18N4O5S/c1-10(20)16-11-2-4-12(5-3-11)25(23,24)19-8-6-15(7-9-19)13(21)17-14(22)18-15/h2-5H,6-9H2,1H3,(H,16,20)(H2,17,18,21,22). The summed E-state index contributed by atoms with van der Waals surface area (Å²) in [7, 11) is -3.71. The van der Waals surface area contributed by atoms with Crippen molar-refractivity contribution >= 4 is 33.6 Å². The van der Waals surface area contributed by atoms with Crippen LogP contribution in [-0.4, -0.2) is 49.2 Å². The molecule has 0 aliphatic carbocycles. The van der Waals surface area contributed by atoms with Crippen LogP contribution in [0.15, 0.2) is 29.2 Å². The SMILES string of the molecule is CC(=O)Nc1ccc(S(=O)(=O)N2CCC3(CC2)NC(=O)NC3=O)cc1. The molecule has 3 N–H and O–H groups in total. The smallest absolute Gasteiger partial charge is 0.322 e. The first-order valence-corrected chi connectivity index (χ1v) is 9.18. The second-order valence-electron chi connectivity index (χ2n) is 6.10. The van der Waals surface area contributed by atoms with Crippen LogP contribution in [0.1, 0.15) is 19.8 Å². The maximum atomic E-state index is 12.7. The highest BCUT2D eigenvalue weighted by Gasteiger charge is 2.49. The first kappa shape index (κ1) is 17.4. The van der Waals surface area contributed by atoms with Gasteiger partial charge in [-0.25, -0.2) is 13.2 Å². The lowest BCUT2D eigenvalue weighted by Gasteiger charge is -2.36. The van der Waals surface area contributed by atoms with Crippen LogP contribution in [0.2, 0.25) is 0 Å². The Kier molecular flexibility index (Phi) is 4.25. The topological polar surface area (TPSA) is 125 Å². The maximum Gasteiger partial charge on any atom is 0.322 e. The number of hydrogen-bond donors (Lipinski definition) is 3. The van der Waals surface area contributed by atoms with Gasteiger partial charge in [-0.15, -0.1) is 0 Å². The molecule has 3 rings (SSSR count). The molecule has 2 aliphatic rings. The van der Waals surface area contributed by atoms with Gasteiger partial charge in [0.2, 0.25) is 15.9 Å². The van der Waals surface area contributed by atoms with Gasteiger partial charge in [0, 0.05) is 25.7 Å². The molecule has 2 saturated heterocycles. The Hall–Kier alpha value is -2.46. The van der Waals surface area contributed by atoms with Crippen LogP contribution in [-0.2, 0) is 19.6 Å². The highest BCUT2D eigenvalue weighted by molar-refractivity contribution is 7.89. The number of rotatable bonds is 3. The molecule has 0 unspecified atom stereocenters. The van der Waals surface area contributed by atoms with Crippen LogP contribution in [0.4, 0.5) is 10.5 Å². The lowest BCUT2D eigenvalue weighted by molar-refractivity contribution is -0.125. The summed E-state index contributed by atoms with van der Waals surface area (Å²) in [5, 5.41) is 7.36. The molecular formula is C15H18N4O5S. The Morgan fingerprint density at radius 2 is 1.76 bits per heavy atom. The van der Waals surface area contributed by atoms with Crippen molar-refractivity contribution in [3.8, 4) is 0 Å². The Labute approximate surface area is 144 Å². The molecule has 9 nitrogen and oxygen atoms in total. The summed E-state index contributed by atoms with van der Waals surface area (Å²) in [4.78, 5) is 34.4. The Morgan fingerprint density at radius 3 is 2.24 bits per heavy atom. The van der Waals surface area contributed by atoms with E-state index in [2.05, 4.69) is 16.0 Å². The van der Waals surface area contributed by atoms with E-state index in [4.69, 9.17) is 0 Å².